The van der Waals surface area contributed by atoms with Gasteiger partial charge in [0.15, 0.2) is 9.84 Å². The average Bonchev–Trinajstić information content (AvgIpc) is 2.37. The Labute approximate surface area is 108 Å². The molecule has 1 saturated heterocycles. The zero-order chi connectivity index (χ0) is 13.6. The van der Waals surface area contributed by atoms with Crippen LogP contribution in [-0.4, -0.2) is 58.3 Å². The Morgan fingerprint density at radius 2 is 2.22 bits per heavy atom. The molecule has 1 rings (SSSR count). The van der Waals surface area contributed by atoms with E-state index in [9.17, 15) is 13.2 Å². The van der Waals surface area contributed by atoms with Gasteiger partial charge in [0.2, 0.25) is 0 Å². The van der Waals surface area contributed by atoms with Gasteiger partial charge in [-0.2, -0.15) is 0 Å². The number of esters is 1. The van der Waals surface area contributed by atoms with Crippen molar-refractivity contribution in [3.63, 3.8) is 0 Å². The molecular formula is C11H21NO5S. The summed E-state index contributed by atoms with van der Waals surface area (Å²) in [6, 6.07) is -0.0913. The van der Waals surface area contributed by atoms with Gasteiger partial charge in [0.25, 0.3) is 0 Å². The Hall–Kier alpha value is -0.660. The van der Waals surface area contributed by atoms with Crippen molar-refractivity contribution in [2.24, 2.45) is 0 Å². The predicted octanol–water partition coefficient (Wildman–Crippen LogP) is -0.269. The fraction of sp³-hybridized carbons (Fsp3) is 0.909. The smallest absolute Gasteiger partial charge is 0.306 e. The second-order valence-electron chi connectivity index (χ2n) is 4.26. The van der Waals surface area contributed by atoms with E-state index in [1.54, 1.807) is 0 Å². The van der Waals surface area contributed by atoms with Gasteiger partial charge >= 0.3 is 5.97 Å². The molecule has 1 fully saturated rings. The van der Waals surface area contributed by atoms with Gasteiger partial charge in [-0.1, -0.05) is 6.92 Å². The third-order valence-corrected chi connectivity index (χ3v) is 5.21. The van der Waals surface area contributed by atoms with Crippen molar-refractivity contribution >= 4 is 15.8 Å². The fourth-order valence-corrected chi connectivity index (χ4v) is 3.83. The van der Waals surface area contributed by atoms with Crippen molar-refractivity contribution < 1.29 is 22.7 Å². The van der Waals surface area contributed by atoms with Crippen LogP contribution in [0.5, 0.6) is 0 Å². The van der Waals surface area contributed by atoms with E-state index in [2.05, 4.69) is 10.1 Å². The first-order valence-corrected chi connectivity index (χ1v) is 7.82. The monoisotopic (exact) mass is 279 g/mol. The second kappa shape index (κ2) is 7.06. The van der Waals surface area contributed by atoms with E-state index < -0.39 is 21.1 Å². The van der Waals surface area contributed by atoms with E-state index in [1.165, 1.54) is 7.11 Å². The van der Waals surface area contributed by atoms with Crippen LogP contribution in [0.4, 0.5) is 0 Å². The molecule has 2 atom stereocenters. The molecule has 0 aromatic rings. The third kappa shape index (κ3) is 4.22. The molecule has 0 spiro atoms. The Morgan fingerprint density at radius 3 is 2.83 bits per heavy atom. The van der Waals surface area contributed by atoms with Crippen molar-refractivity contribution in [1.82, 2.24) is 5.32 Å². The Morgan fingerprint density at radius 1 is 1.50 bits per heavy atom. The summed E-state index contributed by atoms with van der Waals surface area (Å²) >= 11 is 0. The number of ether oxygens (including phenoxy) is 2. The second-order valence-corrected chi connectivity index (χ2v) is 6.60. The van der Waals surface area contributed by atoms with Gasteiger partial charge in [0.05, 0.1) is 31.1 Å². The number of hydrogen-bond donors (Lipinski definition) is 1. The van der Waals surface area contributed by atoms with Gasteiger partial charge in [0, 0.05) is 12.6 Å². The first-order valence-electron chi connectivity index (χ1n) is 6.10. The molecular weight excluding hydrogens is 258 g/mol. The van der Waals surface area contributed by atoms with Crippen LogP contribution in [0.15, 0.2) is 0 Å². The average molecular weight is 279 g/mol. The number of rotatable bonds is 6. The number of nitrogens with one attached hydrogen (secondary N) is 1. The maximum Gasteiger partial charge on any atom is 0.306 e. The normalized spacial score (nSPS) is 24.8. The summed E-state index contributed by atoms with van der Waals surface area (Å²) in [5.41, 5.74) is 0. The highest BCUT2D eigenvalue weighted by atomic mass is 32.2. The lowest BCUT2D eigenvalue weighted by Crippen LogP contribution is -2.51. The third-order valence-electron chi connectivity index (χ3n) is 3.05. The molecule has 0 saturated carbocycles. The molecule has 0 aromatic heterocycles. The summed E-state index contributed by atoms with van der Waals surface area (Å²) in [7, 11) is -2.10. The summed E-state index contributed by atoms with van der Waals surface area (Å²) < 4.78 is 34.0. The molecule has 0 bridgehead atoms. The van der Waals surface area contributed by atoms with Crippen LogP contribution in [0, 0.1) is 0 Å². The minimum absolute atomic E-state index is 0.0913. The Kier molecular flexibility index (Phi) is 6.04. The molecule has 0 aliphatic carbocycles. The van der Waals surface area contributed by atoms with E-state index in [0.29, 0.717) is 19.6 Å². The van der Waals surface area contributed by atoms with Crippen LogP contribution in [0.25, 0.3) is 0 Å². The fourth-order valence-electron chi connectivity index (χ4n) is 2.04. The number of carbonyl (C=O) groups is 1. The van der Waals surface area contributed by atoms with Crippen molar-refractivity contribution in [2.75, 3.05) is 32.6 Å². The highest BCUT2D eigenvalue weighted by molar-refractivity contribution is 7.92. The standard InChI is InChI=1S/C11H21NO5S/c1-3-12-9-4-6-17-8-10(9)18(14,15)7-5-11(13)16-2/h9-10,12H,3-8H2,1-2H3. The Balaban J connectivity index is 2.65. The molecule has 0 radical (unpaired) electrons. The Bertz CT molecular complexity index is 366. The molecule has 1 heterocycles. The molecule has 6 nitrogen and oxygen atoms in total. The number of sulfone groups is 1. The van der Waals surface area contributed by atoms with Crippen LogP contribution in [0.2, 0.25) is 0 Å². The number of methoxy groups -OCH3 is 1. The summed E-state index contributed by atoms with van der Waals surface area (Å²) in [6.45, 7) is 3.42. The summed E-state index contributed by atoms with van der Waals surface area (Å²) in [4.78, 5) is 11.0. The largest absolute Gasteiger partial charge is 0.469 e. The van der Waals surface area contributed by atoms with E-state index in [4.69, 9.17) is 4.74 Å². The van der Waals surface area contributed by atoms with Gasteiger partial charge in [-0.3, -0.25) is 4.79 Å². The van der Waals surface area contributed by atoms with Gasteiger partial charge in [-0.15, -0.1) is 0 Å². The van der Waals surface area contributed by atoms with Gasteiger partial charge in [-0.05, 0) is 13.0 Å². The van der Waals surface area contributed by atoms with Crippen LogP contribution in [0.3, 0.4) is 0 Å². The summed E-state index contributed by atoms with van der Waals surface area (Å²) in [5, 5.41) is 2.59. The quantitative estimate of drug-likeness (QED) is 0.674. The maximum atomic E-state index is 12.2. The molecule has 0 aromatic carbocycles. The summed E-state index contributed by atoms with van der Waals surface area (Å²) in [6.07, 6.45) is 0.574. The van der Waals surface area contributed by atoms with E-state index in [0.717, 1.165) is 0 Å². The van der Waals surface area contributed by atoms with Crippen molar-refractivity contribution in [3.8, 4) is 0 Å². The predicted molar refractivity (Wildman–Crippen MR) is 67.1 cm³/mol. The molecule has 18 heavy (non-hydrogen) atoms. The van der Waals surface area contributed by atoms with Crippen LogP contribution in [-0.2, 0) is 24.1 Å². The molecule has 106 valence electrons. The molecule has 1 aliphatic rings. The summed E-state index contributed by atoms with van der Waals surface area (Å²) in [5.74, 6) is -0.689. The van der Waals surface area contributed by atoms with Crippen molar-refractivity contribution in [2.45, 2.75) is 31.1 Å². The molecule has 7 heteroatoms. The lowest BCUT2D eigenvalue weighted by atomic mass is 10.1. The van der Waals surface area contributed by atoms with Crippen LogP contribution >= 0.6 is 0 Å². The van der Waals surface area contributed by atoms with Crippen LogP contribution < -0.4 is 5.32 Å². The minimum atomic E-state index is -3.35. The highest BCUT2D eigenvalue weighted by Gasteiger charge is 2.35. The molecule has 1 N–H and O–H groups in total. The zero-order valence-electron chi connectivity index (χ0n) is 10.8. The van der Waals surface area contributed by atoms with Crippen molar-refractivity contribution in [1.29, 1.82) is 0 Å². The molecule has 2 unspecified atom stereocenters. The van der Waals surface area contributed by atoms with Crippen LogP contribution in [0.1, 0.15) is 19.8 Å². The minimum Gasteiger partial charge on any atom is -0.469 e. The number of carbonyl (C=O) groups excluding carboxylic acids is 1. The first-order chi connectivity index (χ1) is 8.51. The molecule has 1 aliphatic heterocycles. The van der Waals surface area contributed by atoms with Gasteiger partial charge < -0.3 is 14.8 Å². The lowest BCUT2D eigenvalue weighted by Gasteiger charge is -2.31. The topological polar surface area (TPSA) is 81.7 Å². The number of hydrogen-bond acceptors (Lipinski definition) is 6. The zero-order valence-corrected chi connectivity index (χ0v) is 11.7. The SMILES string of the molecule is CCNC1CCOCC1S(=O)(=O)CCC(=O)OC. The molecule has 0 amide bonds. The maximum absolute atomic E-state index is 12.2. The van der Waals surface area contributed by atoms with Gasteiger partial charge in [-0.25, -0.2) is 8.42 Å². The van der Waals surface area contributed by atoms with Gasteiger partial charge in [0.1, 0.15) is 0 Å². The van der Waals surface area contributed by atoms with Crippen molar-refractivity contribution in [3.05, 3.63) is 0 Å². The highest BCUT2D eigenvalue weighted by Crippen LogP contribution is 2.17. The van der Waals surface area contributed by atoms with E-state index in [-0.39, 0.29) is 24.8 Å². The first kappa shape index (κ1) is 15.4. The van der Waals surface area contributed by atoms with E-state index >= 15 is 0 Å². The lowest BCUT2D eigenvalue weighted by molar-refractivity contribution is -0.140. The van der Waals surface area contributed by atoms with E-state index in [1.807, 2.05) is 6.92 Å².